The second-order valence-corrected chi connectivity index (χ2v) is 18.7. The second-order valence-electron chi connectivity index (χ2n) is 18.7. The van der Waals surface area contributed by atoms with Crippen LogP contribution < -0.4 is 37.5 Å². The predicted molar refractivity (Wildman–Crippen MR) is 266 cm³/mol. The van der Waals surface area contributed by atoms with Crippen LogP contribution >= 0.6 is 0 Å². The van der Waals surface area contributed by atoms with E-state index in [4.69, 9.17) is 4.42 Å². The molecule has 1 radical (unpaired) electrons. The molecule has 1 aromatic heterocycles. The van der Waals surface area contributed by atoms with Crippen molar-refractivity contribution in [3.05, 3.63) is 40.2 Å². The Morgan fingerprint density at radius 1 is 0.556 bits per heavy atom. The second kappa shape index (κ2) is 33.7. The molecule has 34 heteroatoms. The molecule has 2 heterocycles. The van der Waals surface area contributed by atoms with Crippen molar-refractivity contribution in [3.8, 4) is 0 Å². The maximum atomic E-state index is 13.7. The van der Waals surface area contributed by atoms with Crippen molar-refractivity contribution in [2.24, 2.45) is 5.92 Å². The summed E-state index contributed by atoms with van der Waals surface area (Å²) < 4.78 is 45.6. The first-order valence-electron chi connectivity index (χ1n) is 24.5. The van der Waals surface area contributed by atoms with Gasteiger partial charge in [-0.3, -0.25) is 77.1 Å². The number of fused-ring (bicyclic) bond motifs is 1. The molecule has 81 heavy (non-hydrogen) atoms. The molecule has 12 N–H and O–H groups in total. The van der Waals surface area contributed by atoms with Gasteiger partial charge in [-0.05, 0) is 24.5 Å². The Balaban J connectivity index is 0.0000224. The van der Waals surface area contributed by atoms with Gasteiger partial charge in [-0.15, -0.1) is 0 Å². The fraction of sp³-hybridized carbons (Fsp3) is 0.553. The van der Waals surface area contributed by atoms with Crippen LogP contribution in [0.3, 0.4) is 0 Å². The van der Waals surface area contributed by atoms with E-state index < -0.39 is 175 Å². The van der Waals surface area contributed by atoms with E-state index in [9.17, 15) is 106 Å². The average molecular weight is 1300 g/mol. The van der Waals surface area contributed by atoms with Crippen molar-refractivity contribution in [3.63, 3.8) is 0 Å². The van der Waals surface area contributed by atoms with Gasteiger partial charge in [0.15, 0.2) is 0 Å². The third-order valence-electron chi connectivity index (χ3n) is 11.9. The summed E-state index contributed by atoms with van der Waals surface area (Å²) in [4.78, 5) is 169. The molecule has 1 aromatic carbocycles. The van der Waals surface area contributed by atoms with Crippen molar-refractivity contribution in [2.45, 2.75) is 76.3 Å². The molecule has 1 fully saturated rings. The number of benzene rings is 1. The number of amides is 6. The van der Waals surface area contributed by atoms with E-state index in [1.54, 1.807) is 9.80 Å². The third-order valence-corrected chi connectivity index (χ3v) is 11.9. The van der Waals surface area contributed by atoms with Crippen LogP contribution in [0.1, 0.15) is 51.5 Å². The molecule has 0 spiro atoms. The summed E-state index contributed by atoms with van der Waals surface area (Å²) >= 11 is 0. The maximum Gasteiger partial charge on any atom is 3.00 e. The molecular formula is C47H63F3GdN10O20+3. The minimum atomic E-state index is -4.97. The quantitative estimate of drug-likeness (QED) is 0.0381. The van der Waals surface area contributed by atoms with Crippen molar-refractivity contribution >= 4 is 87.9 Å². The summed E-state index contributed by atoms with van der Waals surface area (Å²) in [6.45, 7) is 1.76. The largest absolute Gasteiger partial charge is 3.00 e. The van der Waals surface area contributed by atoms with Gasteiger partial charge in [-0.2, -0.15) is 13.2 Å². The van der Waals surface area contributed by atoms with Gasteiger partial charge < -0.3 is 67.0 Å². The Hall–Kier alpha value is -6.98. The van der Waals surface area contributed by atoms with E-state index in [0.717, 1.165) is 18.2 Å². The van der Waals surface area contributed by atoms with Gasteiger partial charge in [0.25, 0.3) is 0 Å². The molecule has 447 valence electrons. The number of nitrogens with one attached hydrogen (secondary N) is 6. The number of hydrogen-bond acceptors (Lipinski definition) is 18. The van der Waals surface area contributed by atoms with E-state index in [1.807, 2.05) is 0 Å². The number of nitrogens with zero attached hydrogens (tertiary/aromatic N) is 4. The first kappa shape index (κ1) is 70.1. The fourth-order valence-corrected chi connectivity index (χ4v) is 7.96. The van der Waals surface area contributed by atoms with Crippen LogP contribution in [0.5, 0.6) is 0 Å². The molecule has 2 aromatic rings. The van der Waals surface area contributed by atoms with Crippen molar-refractivity contribution in [1.29, 1.82) is 0 Å². The zero-order valence-corrected chi connectivity index (χ0v) is 45.9. The molecule has 3 rings (SSSR count). The van der Waals surface area contributed by atoms with Gasteiger partial charge in [0, 0.05) is 95.0 Å². The van der Waals surface area contributed by atoms with E-state index in [0.29, 0.717) is 0 Å². The van der Waals surface area contributed by atoms with Crippen LogP contribution in [0.15, 0.2) is 33.5 Å². The Kier molecular flexibility index (Phi) is 29.2. The smallest absolute Gasteiger partial charge is 0.481 e. The molecule has 0 aliphatic carbocycles. The minimum absolute atomic E-state index is 0. The van der Waals surface area contributed by atoms with Crippen LogP contribution in [0.4, 0.5) is 18.9 Å². The molecular weight excluding hydrogens is 1240 g/mol. The Bertz CT molecular complexity index is 2650. The summed E-state index contributed by atoms with van der Waals surface area (Å²) in [5.41, 5.74) is -3.62. The molecule has 0 unspecified atom stereocenters. The van der Waals surface area contributed by atoms with Crippen molar-refractivity contribution < 1.29 is 146 Å². The number of halogens is 3. The Labute approximate surface area is 490 Å². The molecule has 6 amide bonds. The molecule has 30 nitrogen and oxygen atoms in total. The van der Waals surface area contributed by atoms with Gasteiger partial charge in [0.05, 0.1) is 44.6 Å². The number of aliphatic carboxylic acids is 6. The molecule has 1 aliphatic rings. The molecule has 1 saturated heterocycles. The normalized spacial score (nSPS) is 15.6. The van der Waals surface area contributed by atoms with Crippen LogP contribution in [0.2, 0.25) is 0 Å². The van der Waals surface area contributed by atoms with Crippen LogP contribution in [0.25, 0.3) is 11.0 Å². The summed E-state index contributed by atoms with van der Waals surface area (Å²) in [6.07, 6.45) is -9.19. The summed E-state index contributed by atoms with van der Waals surface area (Å²) in [7, 11) is 0. The number of carbonyl (C=O) groups excluding carboxylic acids is 6. The summed E-state index contributed by atoms with van der Waals surface area (Å²) in [5, 5.41) is 69.8. The molecule has 0 bridgehead atoms. The summed E-state index contributed by atoms with van der Waals surface area (Å²) in [6, 6.07) is -4.48. The van der Waals surface area contributed by atoms with Crippen LogP contribution in [0, 0.1) is 45.9 Å². The number of rotatable bonds is 28. The predicted octanol–water partition coefficient (Wildman–Crippen LogP) is -2.86. The van der Waals surface area contributed by atoms with Gasteiger partial charge in [-0.25, -0.2) is 4.79 Å². The van der Waals surface area contributed by atoms with Gasteiger partial charge in [-0.1, -0.05) is 13.8 Å². The zero-order chi connectivity index (χ0) is 60.0. The SMILES string of the molecule is CC(C)[C@@H](NC(=O)[C@@H](CCC(=O)O)NC(=O)[C@@H](CC(=O)O)NC(=O)CCNC(=O)CN1CCN(CC(=O)O)CCN(CC(=O)O)CCN(CC(=O)O)CC1)C(=O)N[C@H](CC(=O)O)C(=O)Nc1ccc2c(C(F)(F)F)cc(=O)oc2c1.[Gd+3]. The van der Waals surface area contributed by atoms with Gasteiger partial charge in [0.2, 0.25) is 35.4 Å². The number of carboxylic acid groups (broad SMARTS) is 6. The van der Waals surface area contributed by atoms with E-state index >= 15 is 0 Å². The zero-order valence-electron chi connectivity index (χ0n) is 43.6. The van der Waals surface area contributed by atoms with Crippen molar-refractivity contribution in [1.82, 2.24) is 46.2 Å². The standard InChI is InChI=1S/C47H63F3N10O20.Gd/c1-25(2)42(46(79)55-31(20-37(67)68)44(77)52-26-3-4-27-28(47(48,49)50)18-41(75)80-32(27)17-26)56-43(76)29(5-6-35(63)64)54-45(78)30(19-36(65)66)53-33(61)7-8-51-34(62)21-57-9-11-58(22-38(69)70)13-15-60(24-40(73)74)16-14-59(12-10-57)23-39(71)72;/h3-4,17-18,25,29-31,42H,5-16,19-24H2,1-2H3,(H,51,62)(H,52,77)(H,53,61)(H,54,78)(H,55,79)(H,56,76)(H,63,64)(H,65,66)(H,67,68)(H,69,70)(H,71,72)(H,73,74);/q;+3/t29-,30-,31-,42-;/m1./s1. The molecule has 4 atom stereocenters. The number of alkyl halides is 3. The number of hydrogen-bond donors (Lipinski definition) is 12. The Morgan fingerprint density at radius 3 is 1.46 bits per heavy atom. The third kappa shape index (κ3) is 26.0. The van der Waals surface area contributed by atoms with E-state index in [-0.39, 0.29) is 124 Å². The van der Waals surface area contributed by atoms with Crippen LogP contribution in [-0.4, -0.2) is 231 Å². The average Bonchev–Trinajstić information content (AvgIpc) is 3.33. The van der Waals surface area contributed by atoms with E-state index in [1.165, 1.54) is 23.6 Å². The summed E-state index contributed by atoms with van der Waals surface area (Å²) in [5.74, 6) is -15.7. The number of carbonyl (C=O) groups is 12. The van der Waals surface area contributed by atoms with E-state index in [2.05, 4.69) is 31.9 Å². The first-order chi connectivity index (χ1) is 37.4. The van der Waals surface area contributed by atoms with Crippen molar-refractivity contribution in [2.75, 3.05) is 90.4 Å². The number of carboxylic acids is 6. The van der Waals surface area contributed by atoms with Gasteiger partial charge in [0.1, 0.15) is 29.8 Å². The Morgan fingerprint density at radius 2 is 1.01 bits per heavy atom. The molecule has 0 saturated carbocycles. The topological polar surface area (TPSA) is 442 Å². The number of anilines is 1. The monoisotopic (exact) mass is 1300 g/mol. The van der Waals surface area contributed by atoms with Crippen LogP contribution in [-0.2, 0) is 63.7 Å². The first-order valence-corrected chi connectivity index (χ1v) is 24.5. The maximum absolute atomic E-state index is 13.7. The molecule has 1 aliphatic heterocycles. The minimum Gasteiger partial charge on any atom is -0.481 e. The fourth-order valence-electron chi connectivity index (χ4n) is 7.96. The van der Waals surface area contributed by atoms with Gasteiger partial charge >= 0.3 is 87.6 Å².